The smallest absolute Gasteiger partial charge is 0.338 e. The number of aliphatic carboxylic acids is 2. The number of halogens is 2. The number of hydrogen-bond donors (Lipinski definition) is 4. The predicted molar refractivity (Wildman–Crippen MR) is 191 cm³/mol. The van der Waals surface area contributed by atoms with E-state index in [0.29, 0.717) is 54.0 Å². The van der Waals surface area contributed by atoms with Gasteiger partial charge in [-0.25, -0.2) is 23.8 Å². The van der Waals surface area contributed by atoms with Crippen LogP contribution in [-0.4, -0.2) is 113 Å². The number of ether oxygens (including phenoxy) is 1. The fourth-order valence-electron chi connectivity index (χ4n) is 6.56. The SMILES string of the molecule is COC(=O)C1=C(CN2CCN3C(=O)N(c4ccc(CCC(=O)N[C@@H](CC(=O)O)C(=O)O)cc4)C[C@@H]3C2)NC(c2nccs2)=N[C@H]1c1ccc(F)cc1Cl. The molecular weight excluding hydrogens is 733 g/mol. The number of methoxy groups -OCH3 is 1. The lowest BCUT2D eigenvalue weighted by atomic mass is 9.95. The normalized spacial score (nSPS) is 19.3. The average Bonchev–Trinajstić information content (AvgIpc) is 3.78. The third-order valence-corrected chi connectivity index (χ3v) is 10.2. The maximum absolute atomic E-state index is 14.0. The fraction of sp³-hybridized carbons (Fsp3) is 0.343. The van der Waals surface area contributed by atoms with Gasteiger partial charge < -0.3 is 30.5 Å². The fourth-order valence-corrected chi connectivity index (χ4v) is 7.42. The Labute approximate surface area is 311 Å². The summed E-state index contributed by atoms with van der Waals surface area (Å²) in [6, 6.07) is 8.35. The molecule has 3 aromatic rings. The van der Waals surface area contributed by atoms with Gasteiger partial charge in [0.1, 0.15) is 17.9 Å². The van der Waals surface area contributed by atoms with Crippen LogP contribution in [0.15, 0.2) is 70.3 Å². The van der Waals surface area contributed by atoms with Crippen molar-refractivity contribution in [2.75, 3.05) is 44.7 Å². The highest BCUT2D eigenvalue weighted by molar-refractivity contribution is 7.11. The number of nitrogens with zero attached hydrogens (tertiary/aromatic N) is 5. The van der Waals surface area contributed by atoms with Crippen LogP contribution in [0.1, 0.15) is 35.0 Å². The van der Waals surface area contributed by atoms with E-state index in [0.717, 1.165) is 5.56 Å². The van der Waals surface area contributed by atoms with Gasteiger partial charge in [-0.15, -0.1) is 11.3 Å². The minimum atomic E-state index is -1.52. The molecule has 15 nitrogen and oxygen atoms in total. The van der Waals surface area contributed by atoms with Crippen molar-refractivity contribution in [1.29, 1.82) is 0 Å². The maximum Gasteiger partial charge on any atom is 0.338 e. The first-order valence-electron chi connectivity index (χ1n) is 16.6. The molecule has 3 aliphatic heterocycles. The molecule has 53 heavy (non-hydrogen) atoms. The van der Waals surface area contributed by atoms with E-state index >= 15 is 0 Å². The molecule has 2 aromatic carbocycles. The van der Waals surface area contributed by atoms with Gasteiger partial charge in [0.2, 0.25) is 5.91 Å². The summed E-state index contributed by atoms with van der Waals surface area (Å²) >= 11 is 7.85. The number of aliphatic imine (C=N–C) groups is 1. The number of aromatic nitrogens is 1. The van der Waals surface area contributed by atoms with E-state index in [2.05, 4.69) is 20.5 Å². The number of carboxylic acid groups (broad SMARTS) is 2. The Bertz CT molecular complexity index is 1980. The van der Waals surface area contributed by atoms with E-state index in [1.54, 1.807) is 40.7 Å². The van der Waals surface area contributed by atoms with Crippen LogP contribution in [0.3, 0.4) is 0 Å². The third kappa shape index (κ3) is 8.48. The Kier molecular flexibility index (Phi) is 11.4. The van der Waals surface area contributed by atoms with Crippen LogP contribution >= 0.6 is 22.9 Å². The summed E-state index contributed by atoms with van der Waals surface area (Å²) in [4.78, 5) is 76.1. The molecule has 0 saturated carbocycles. The molecule has 3 amide bonds. The summed E-state index contributed by atoms with van der Waals surface area (Å²) in [6.07, 6.45) is 1.15. The zero-order valence-electron chi connectivity index (χ0n) is 28.3. The van der Waals surface area contributed by atoms with Crippen molar-refractivity contribution in [3.05, 3.63) is 92.3 Å². The molecule has 0 unspecified atom stereocenters. The number of carbonyl (C=O) groups excluding carboxylic acids is 3. The lowest BCUT2D eigenvalue weighted by Crippen LogP contribution is -2.53. The van der Waals surface area contributed by atoms with Crippen molar-refractivity contribution >= 4 is 64.3 Å². The molecule has 2 saturated heterocycles. The Balaban J connectivity index is 1.14. The third-order valence-electron chi connectivity index (χ3n) is 9.14. The number of esters is 1. The largest absolute Gasteiger partial charge is 0.481 e. The molecular formula is C35H35ClFN7O8S. The molecule has 278 valence electrons. The first-order chi connectivity index (χ1) is 25.4. The lowest BCUT2D eigenvalue weighted by molar-refractivity contribution is -0.147. The topological polar surface area (TPSA) is 194 Å². The quantitative estimate of drug-likeness (QED) is 0.187. The van der Waals surface area contributed by atoms with Crippen molar-refractivity contribution in [3.63, 3.8) is 0 Å². The highest BCUT2D eigenvalue weighted by Crippen LogP contribution is 2.37. The van der Waals surface area contributed by atoms with Gasteiger partial charge >= 0.3 is 23.9 Å². The van der Waals surface area contributed by atoms with Gasteiger partial charge in [-0.1, -0.05) is 29.8 Å². The van der Waals surface area contributed by atoms with Gasteiger partial charge in [0, 0.05) is 72.7 Å². The van der Waals surface area contributed by atoms with E-state index in [1.165, 1.54) is 36.6 Å². The average molecular weight is 768 g/mol. The van der Waals surface area contributed by atoms with Crippen molar-refractivity contribution in [1.82, 2.24) is 25.4 Å². The van der Waals surface area contributed by atoms with E-state index < -0.39 is 48.1 Å². The number of thiazole rings is 1. The zero-order valence-corrected chi connectivity index (χ0v) is 29.9. The van der Waals surface area contributed by atoms with Crippen LogP contribution in [0.25, 0.3) is 0 Å². The van der Waals surface area contributed by atoms with Gasteiger partial charge in [-0.05, 0) is 36.2 Å². The van der Waals surface area contributed by atoms with Crippen LogP contribution < -0.4 is 15.5 Å². The molecule has 18 heteroatoms. The minimum absolute atomic E-state index is 0.0467. The number of carbonyl (C=O) groups is 5. The van der Waals surface area contributed by atoms with E-state index in [9.17, 15) is 28.4 Å². The van der Waals surface area contributed by atoms with Gasteiger partial charge in [-0.2, -0.15) is 0 Å². The molecule has 0 spiro atoms. The number of anilines is 1. The maximum atomic E-state index is 14.0. The molecule has 0 radical (unpaired) electrons. The van der Waals surface area contributed by atoms with Crippen molar-refractivity contribution in [2.45, 2.75) is 37.4 Å². The summed E-state index contributed by atoms with van der Waals surface area (Å²) in [5.74, 6) is -4.06. The highest BCUT2D eigenvalue weighted by Gasteiger charge is 2.42. The second kappa shape index (κ2) is 16.1. The molecule has 1 aromatic heterocycles. The molecule has 6 rings (SSSR count). The van der Waals surface area contributed by atoms with Crippen molar-refractivity contribution < 1.29 is 43.3 Å². The molecule has 0 aliphatic carbocycles. The lowest BCUT2D eigenvalue weighted by Gasteiger charge is -2.38. The minimum Gasteiger partial charge on any atom is -0.481 e. The Morgan fingerprint density at radius 3 is 2.57 bits per heavy atom. The van der Waals surface area contributed by atoms with Crippen LogP contribution in [-0.2, 0) is 30.3 Å². The molecule has 0 bridgehead atoms. The zero-order chi connectivity index (χ0) is 37.8. The van der Waals surface area contributed by atoms with Crippen molar-refractivity contribution in [3.8, 4) is 0 Å². The number of fused-ring (bicyclic) bond motifs is 1. The number of carboxylic acids is 2. The van der Waals surface area contributed by atoms with Crippen molar-refractivity contribution in [2.24, 2.45) is 4.99 Å². The summed E-state index contributed by atoms with van der Waals surface area (Å²) in [7, 11) is 1.28. The summed E-state index contributed by atoms with van der Waals surface area (Å²) < 4.78 is 19.2. The summed E-state index contributed by atoms with van der Waals surface area (Å²) in [5, 5.41) is 26.1. The Morgan fingerprint density at radius 2 is 1.91 bits per heavy atom. The summed E-state index contributed by atoms with van der Waals surface area (Å²) in [6.45, 7) is 2.15. The van der Waals surface area contributed by atoms with Gasteiger partial charge in [-0.3, -0.25) is 24.4 Å². The molecule has 4 N–H and O–H groups in total. The number of urea groups is 1. The number of aryl methyl sites for hydroxylation is 1. The second-order valence-corrected chi connectivity index (χ2v) is 13.9. The van der Waals surface area contributed by atoms with Gasteiger partial charge in [0.05, 0.1) is 25.1 Å². The van der Waals surface area contributed by atoms with E-state index in [4.69, 9.17) is 31.5 Å². The number of amides is 3. The molecule has 3 aliphatic rings. The van der Waals surface area contributed by atoms with Crippen LogP contribution in [0.2, 0.25) is 5.02 Å². The van der Waals surface area contributed by atoms with Crippen LogP contribution in [0.4, 0.5) is 14.9 Å². The first kappa shape index (κ1) is 37.4. The standard InChI is InChI=1S/C35H35ClFN7O8S/c1-52-34(50)29-26(40-31(32-38-10-13-53-32)41-30(29)23-8-5-20(37)14-24(23)36)18-42-11-12-43-22(16-42)17-44(35(43)51)21-6-2-19(3-7-21)4-9-27(45)39-25(33(48)49)15-28(46)47/h2-3,5-8,10,13-14,22,25,30H,4,9,11-12,15-18H2,1H3,(H,39,45)(H,40,41)(H,46,47)(H,48,49)/t22-,25-,30-/m0/s1. The monoisotopic (exact) mass is 767 g/mol. The second-order valence-electron chi connectivity index (χ2n) is 12.6. The predicted octanol–water partition coefficient (Wildman–Crippen LogP) is 3.06. The van der Waals surface area contributed by atoms with Crippen LogP contribution in [0, 0.1) is 5.82 Å². The molecule has 4 heterocycles. The van der Waals surface area contributed by atoms with Gasteiger partial charge in [0.15, 0.2) is 10.8 Å². The highest BCUT2D eigenvalue weighted by atomic mass is 35.5. The van der Waals surface area contributed by atoms with E-state index in [1.807, 2.05) is 4.90 Å². The molecule has 2 fully saturated rings. The number of piperazine rings is 1. The Hall–Kier alpha value is -5.39. The van der Waals surface area contributed by atoms with Gasteiger partial charge in [0.25, 0.3) is 0 Å². The number of benzene rings is 2. The number of hydrogen-bond acceptors (Lipinski definition) is 11. The number of amidine groups is 1. The first-order valence-corrected chi connectivity index (χ1v) is 17.8. The Morgan fingerprint density at radius 1 is 1.13 bits per heavy atom. The van der Waals surface area contributed by atoms with E-state index in [-0.39, 0.29) is 42.1 Å². The number of rotatable bonds is 13. The molecule has 3 atom stereocenters. The van der Waals surface area contributed by atoms with Crippen LogP contribution in [0.5, 0.6) is 0 Å². The summed E-state index contributed by atoms with van der Waals surface area (Å²) in [5.41, 5.74) is 2.64. The number of nitrogens with one attached hydrogen (secondary N) is 2.